The number of benzene rings is 3. The van der Waals surface area contributed by atoms with Crippen LogP contribution in [0.15, 0.2) is 96.1 Å². The first kappa shape index (κ1) is 20.2. The number of carbonyl (C=O) groups is 1. The topological polar surface area (TPSA) is 54.4 Å². The highest BCUT2D eigenvalue weighted by molar-refractivity contribution is 5.97. The molecule has 1 aromatic heterocycles. The van der Waals surface area contributed by atoms with Crippen LogP contribution in [0.25, 0.3) is 22.5 Å². The molecule has 0 aliphatic carbocycles. The van der Waals surface area contributed by atoms with Gasteiger partial charge in [0.2, 0.25) is 0 Å². The van der Waals surface area contributed by atoms with E-state index in [1.807, 2.05) is 61.5 Å². The Kier molecular flexibility index (Phi) is 5.94. The minimum Gasteiger partial charge on any atom is -0.267 e. The molecule has 0 spiro atoms. The molecule has 0 atom stereocenters. The van der Waals surface area contributed by atoms with Crippen LogP contribution in [0.5, 0.6) is 0 Å². The monoisotopic (exact) mass is 409 g/mol. The SMILES string of the molecule is Cc1ccc(/C=N/NC(=O)c2cc(-c3ccccc3)nc(-c3ccc(F)cc3)c2)cc1. The number of hydrogen-bond acceptors (Lipinski definition) is 3. The molecule has 0 fully saturated rings. The first-order chi connectivity index (χ1) is 15.1. The number of halogens is 1. The van der Waals surface area contributed by atoms with Crippen molar-refractivity contribution in [2.45, 2.75) is 6.92 Å². The van der Waals surface area contributed by atoms with Crippen LogP contribution in [0, 0.1) is 12.7 Å². The fourth-order valence-electron chi connectivity index (χ4n) is 3.07. The molecule has 1 heterocycles. The molecule has 0 aliphatic rings. The molecule has 4 aromatic rings. The predicted octanol–water partition coefficient (Wildman–Crippen LogP) is 5.63. The molecule has 0 aliphatic heterocycles. The number of aryl methyl sites for hydroxylation is 1. The smallest absolute Gasteiger partial charge is 0.267 e. The Morgan fingerprint density at radius 1 is 0.871 bits per heavy atom. The number of rotatable bonds is 5. The molecule has 4 nitrogen and oxygen atoms in total. The van der Waals surface area contributed by atoms with Crippen molar-refractivity contribution in [1.82, 2.24) is 10.4 Å². The second-order valence-electron chi connectivity index (χ2n) is 7.11. The van der Waals surface area contributed by atoms with Gasteiger partial charge in [0.1, 0.15) is 5.82 Å². The fourth-order valence-corrected chi connectivity index (χ4v) is 3.07. The third-order valence-corrected chi connectivity index (χ3v) is 4.75. The molecule has 31 heavy (non-hydrogen) atoms. The average Bonchev–Trinajstić information content (AvgIpc) is 2.81. The minimum absolute atomic E-state index is 0.327. The van der Waals surface area contributed by atoms with Crippen LogP contribution < -0.4 is 5.43 Å². The molecule has 5 heteroatoms. The van der Waals surface area contributed by atoms with E-state index in [0.717, 1.165) is 22.3 Å². The van der Waals surface area contributed by atoms with Crippen LogP contribution in [0.4, 0.5) is 4.39 Å². The van der Waals surface area contributed by atoms with Crippen molar-refractivity contribution >= 4 is 12.1 Å². The van der Waals surface area contributed by atoms with E-state index in [9.17, 15) is 9.18 Å². The van der Waals surface area contributed by atoms with Gasteiger partial charge in [0.05, 0.1) is 17.6 Å². The summed E-state index contributed by atoms with van der Waals surface area (Å²) in [6, 6.07) is 26.8. The molecule has 3 aromatic carbocycles. The standard InChI is InChI=1S/C26H20FN3O/c1-18-7-9-19(10-8-18)17-28-30-26(31)22-15-24(20-5-3-2-4-6-20)29-25(16-22)21-11-13-23(27)14-12-21/h2-17H,1H3,(H,30,31)/b28-17+. The largest absolute Gasteiger partial charge is 0.271 e. The van der Waals surface area contributed by atoms with Gasteiger partial charge in [-0.15, -0.1) is 0 Å². The fraction of sp³-hybridized carbons (Fsp3) is 0.0385. The van der Waals surface area contributed by atoms with Gasteiger partial charge in [-0.2, -0.15) is 5.10 Å². The summed E-state index contributed by atoms with van der Waals surface area (Å²) in [7, 11) is 0. The van der Waals surface area contributed by atoms with Gasteiger partial charge in [-0.1, -0.05) is 60.2 Å². The highest BCUT2D eigenvalue weighted by atomic mass is 19.1. The molecule has 152 valence electrons. The molecule has 4 rings (SSSR count). The van der Waals surface area contributed by atoms with Gasteiger partial charge in [-0.05, 0) is 48.9 Å². The van der Waals surface area contributed by atoms with Crippen LogP contribution in [0.3, 0.4) is 0 Å². The number of amides is 1. The maximum Gasteiger partial charge on any atom is 0.271 e. The summed E-state index contributed by atoms with van der Waals surface area (Å²) >= 11 is 0. The van der Waals surface area contributed by atoms with Gasteiger partial charge >= 0.3 is 0 Å². The first-order valence-electron chi connectivity index (χ1n) is 9.82. The Labute approximate surface area is 180 Å². The summed E-state index contributed by atoms with van der Waals surface area (Å²) in [5.41, 5.74) is 7.85. The van der Waals surface area contributed by atoms with E-state index in [0.29, 0.717) is 17.0 Å². The molecule has 0 bridgehead atoms. The summed E-state index contributed by atoms with van der Waals surface area (Å²) < 4.78 is 13.4. The van der Waals surface area contributed by atoms with E-state index in [1.54, 1.807) is 30.5 Å². The van der Waals surface area contributed by atoms with Gasteiger partial charge in [0.15, 0.2) is 0 Å². The lowest BCUT2D eigenvalue weighted by atomic mass is 10.0. The van der Waals surface area contributed by atoms with Crippen molar-refractivity contribution < 1.29 is 9.18 Å². The van der Waals surface area contributed by atoms with E-state index >= 15 is 0 Å². The van der Waals surface area contributed by atoms with E-state index in [-0.39, 0.29) is 11.7 Å². The second kappa shape index (κ2) is 9.13. The van der Waals surface area contributed by atoms with Crippen LogP contribution in [0.2, 0.25) is 0 Å². The van der Waals surface area contributed by atoms with Crippen LogP contribution in [-0.4, -0.2) is 17.1 Å². The van der Waals surface area contributed by atoms with E-state index in [2.05, 4.69) is 15.5 Å². The third-order valence-electron chi connectivity index (χ3n) is 4.75. The third kappa shape index (κ3) is 5.08. The predicted molar refractivity (Wildman–Crippen MR) is 121 cm³/mol. The van der Waals surface area contributed by atoms with Crippen LogP contribution >= 0.6 is 0 Å². The van der Waals surface area contributed by atoms with Gasteiger partial charge in [-0.25, -0.2) is 14.8 Å². The van der Waals surface area contributed by atoms with Crippen molar-refractivity contribution in [3.63, 3.8) is 0 Å². The number of carbonyl (C=O) groups excluding carboxylic acids is 1. The number of hydrogen-bond donors (Lipinski definition) is 1. The Morgan fingerprint density at radius 3 is 2.13 bits per heavy atom. The summed E-state index contributed by atoms with van der Waals surface area (Å²) in [5.74, 6) is -0.683. The molecular weight excluding hydrogens is 389 g/mol. The van der Waals surface area contributed by atoms with Crippen molar-refractivity contribution in [3.8, 4) is 22.5 Å². The van der Waals surface area contributed by atoms with Crippen LogP contribution in [0.1, 0.15) is 21.5 Å². The second-order valence-corrected chi connectivity index (χ2v) is 7.11. The normalized spacial score (nSPS) is 10.9. The highest BCUT2D eigenvalue weighted by Crippen LogP contribution is 2.25. The molecule has 0 saturated carbocycles. The zero-order chi connectivity index (χ0) is 21.6. The number of hydrazone groups is 1. The average molecular weight is 409 g/mol. The van der Waals surface area contributed by atoms with Gasteiger partial charge in [0, 0.05) is 16.7 Å². The maximum atomic E-state index is 13.4. The van der Waals surface area contributed by atoms with Crippen LogP contribution in [-0.2, 0) is 0 Å². The molecule has 1 N–H and O–H groups in total. The first-order valence-corrected chi connectivity index (χ1v) is 9.82. The Morgan fingerprint density at radius 2 is 1.48 bits per heavy atom. The summed E-state index contributed by atoms with van der Waals surface area (Å²) in [6.45, 7) is 2.01. The van der Waals surface area contributed by atoms with Crippen molar-refractivity contribution in [2.75, 3.05) is 0 Å². The molecular formula is C26H20FN3O. The van der Waals surface area contributed by atoms with Gasteiger partial charge in [-0.3, -0.25) is 4.79 Å². The lowest BCUT2D eigenvalue weighted by molar-refractivity contribution is 0.0955. The summed E-state index contributed by atoms with van der Waals surface area (Å²) in [6.07, 6.45) is 1.59. The Hall–Kier alpha value is -4.12. The lowest BCUT2D eigenvalue weighted by Crippen LogP contribution is -2.18. The number of pyridine rings is 1. The van der Waals surface area contributed by atoms with Crippen molar-refractivity contribution in [1.29, 1.82) is 0 Å². The van der Waals surface area contributed by atoms with Gasteiger partial charge < -0.3 is 0 Å². The molecule has 0 radical (unpaired) electrons. The van der Waals surface area contributed by atoms with E-state index in [4.69, 9.17) is 0 Å². The number of nitrogens with zero attached hydrogens (tertiary/aromatic N) is 2. The number of aromatic nitrogens is 1. The lowest BCUT2D eigenvalue weighted by Gasteiger charge is -2.09. The van der Waals surface area contributed by atoms with Crippen molar-refractivity contribution in [3.05, 3.63) is 114 Å². The maximum absolute atomic E-state index is 13.4. The summed E-state index contributed by atoms with van der Waals surface area (Å²) in [5, 5.41) is 4.07. The minimum atomic E-state index is -0.355. The Bertz CT molecular complexity index is 1220. The highest BCUT2D eigenvalue weighted by Gasteiger charge is 2.12. The quantitative estimate of drug-likeness (QED) is 0.343. The zero-order valence-corrected chi connectivity index (χ0v) is 16.9. The molecule has 0 saturated heterocycles. The Balaban J connectivity index is 1.65. The van der Waals surface area contributed by atoms with Crippen molar-refractivity contribution in [2.24, 2.45) is 5.10 Å². The number of nitrogens with one attached hydrogen (secondary N) is 1. The molecule has 1 amide bonds. The van der Waals surface area contributed by atoms with E-state index < -0.39 is 0 Å². The zero-order valence-electron chi connectivity index (χ0n) is 16.9. The van der Waals surface area contributed by atoms with E-state index in [1.165, 1.54) is 12.1 Å². The van der Waals surface area contributed by atoms with Gasteiger partial charge in [0.25, 0.3) is 5.91 Å². The molecule has 0 unspecified atom stereocenters. The summed E-state index contributed by atoms with van der Waals surface area (Å²) in [4.78, 5) is 17.5.